The summed E-state index contributed by atoms with van der Waals surface area (Å²) in [5.74, 6) is -1.07. The minimum absolute atomic E-state index is 0.0972. The van der Waals surface area contributed by atoms with Crippen LogP contribution in [-0.2, 0) is 16.1 Å². The first-order valence-electron chi connectivity index (χ1n) is 7.40. The van der Waals surface area contributed by atoms with E-state index in [0.717, 1.165) is 17.8 Å². The second-order valence-electron chi connectivity index (χ2n) is 5.62. The third-order valence-corrected chi connectivity index (χ3v) is 4.11. The smallest absolute Gasteiger partial charge is 0.313 e. The van der Waals surface area contributed by atoms with Crippen LogP contribution in [0.15, 0.2) is 42.6 Å². The number of amides is 2. The highest BCUT2D eigenvalue weighted by Gasteiger charge is 2.31. The molecule has 0 saturated heterocycles. The highest BCUT2D eigenvalue weighted by atomic mass is 16.2. The summed E-state index contributed by atoms with van der Waals surface area (Å²) in [6.45, 7) is 5.18. The Morgan fingerprint density at radius 1 is 1.14 bits per heavy atom. The topological polar surface area (TPSA) is 54.3 Å². The number of hydrogen-bond acceptors (Lipinski definition) is 2. The monoisotopic (exact) mass is 297 g/mol. The summed E-state index contributed by atoms with van der Waals surface area (Å²) in [4.78, 5) is 26.2. The van der Waals surface area contributed by atoms with Gasteiger partial charge in [0.15, 0.2) is 0 Å². The van der Waals surface area contributed by atoms with Gasteiger partial charge < -0.3 is 14.8 Å². The van der Waals surface area contributed by atoms with Gasteiger partial charge in [0.05, 0.1) is 6.04 Å². The number of carbonyl (C=O) groups is 2. The number of rotatable bonds is 1. The molecule has 1 aromatic heterocycles. The molecule has 0 unspecified atom stereocenters. The fourth-order valence-corrected chi connectivity index (χ4v) is 2.81. The largest absolute Gasteiger partial charge is 0.348 e. The van der Waals surface area contributed by atoms with Crippen molar-refractivity contribution in [3.05, 3.63) is 53.9 Å². The fourth-order valence-electron chi connectivity index (χ4n) is 2.81. The van der Waals surface area contributed by atoms with E-state index in [-0.39, 0.29) is 6.04 Å². The van der Waals surface area contributed by atoms with Crippen molar-refractivity contribution in [3.63, 3.8) is 0 Å². The lowest BCUT2D eigenvalue weighted by molar-refractivity contribution is -0.145. The highest BCUT2D eigenvalue weighted by Crippen LogP contribution is 2.25. The van der Waals surface area contributed by atoms with Gasteiger partial charge in [0.2, 0.25) is 0 Å². The molecule has 0 bridgehead atoms. The van der Waals surface area contributed by atoms with Crippen molar-refractivity contribution in [1.29, 1.82) is 0 Å². The van der Waals surface area contributed by atoms with Crippen LogP contribution in [0, 0.1) is 6.92 Å². The van der Waals surface area contributed by atoms with Crippen LogP contribution < -0.4 is 5.32 Å². The second-order valence-corrected chi connectivity index (χ2v) is 5.62. The Morgan fingerprint density at radius 2 is 1.86 bits per heavy atom. The highest BCUT2D eigenvalue weighted by molar-refractivity contribution is 6.39. The van der Waals surface area contributed by atoms with Gasteiger partial charge in [0.1, 0.15) is 0 Å². The van der Waals surface area contributed by atoms with Crippen LogP contribution in [-0.4, -0.2) is 27.8 Å². The van der Waals surface area contributed by atoms with Crippen LogP contribution in [0.3, 0.4) is 0 Å². The number of aryl methyl sites for hydroxylation is 1. The van der Waals surface area contributed by atoms with E-state index in [1.807, 2.05) is 44.3 Å². The predicted octanol–water partition coefficient (Wildman–Crippen LogP) is 2.34. The number of nitrogens with one attached hydrogen (secondary N) is 1. The lowest BCUT2D eigenvalue weighted by atomic mass is 10.1. The third-order valence-electron chi connectivity index (χ3n) is 4.11. The second kappa shape index (κ2) is 5.67. The standard InChI is InChI=1S/C17H19N3O2/c1-12-5-7-14(8-6-12)18-16(21)17(22)20-11-10-19-9-3-4-15(19)13(20)2/h3-9,13H,10-11H2,1-2H3,(H,18,21)/t13-/m1/s1. The Morgan fingerprint density at radius 3 is 2.59 bits per heavy atom. The zero-order valence-corrected chi connectivity index (χ0v) is 12.7. The molecule has 1 aliphatic rings. The predicted molar refractivity (Wildman–Crippen MR) is 84.4 cm³/mol. The first-order valence-corrected chi connectivity index (χ1v) is 7.40. The SMILES string of the molecule is Cc1ccc(NC(=O)C(=O)N2CCn3cccc3[C@H]2C)cc1. The summed E-state index contributed by atoms with van der Waals surface area (Å²) < 4.78 is 2.12. The summed E-state index contributed by atoms with van der Waals surface area (Å²) in [6, 6.07) is 11.2. The van der Waals surface area contributed by atoms with Gasteiger partial charge in [-0.1, -0.05) is 17.7 Å². The lowest BCUT2D eigenvalue weighted by Crippen LogP contribution is -2.45. The molecule has 0 fully saturated rings. The molecule has 5 nitrogen and oxygen atoms in total. The van der Waals surface area contributed by atoms with E-state index in [1.165, 1.54) is 0 Å². The van der Waals surface area contributed by atoms with Crippen molar-refractivity contribution in [3.8, 4) is 0 Å². The average molecular weight is 297 g/mol. The molecule has 2 aromatic rings. The molecule has 2 amide bonds. The van der Waals surface area contributed by atoms with E-state index in [1.54, 1.807) is 17.0 Å². The number of carbonyl (C=O) groups excluding carboxylic acids is 2. The van der Waals surface area contributed by atoms with Crippen LogP contribution in [0.4, 0.5) is 5.69 Å². The zero-order valence-electron chi connectivity index (χ0n) is 12.7. The minimum Gasteiger partial charge on any atom is -0.348 e. The van der Waals surface area contributed by atoms with Crippen molar-refractivity contribution in [2.75, 3.05) is 11.9 Å². The van der Waals surface area contributed by atoms with E-state index >= 15 is 0 Å². The molecule has 1 N–H and O–H groups in total. The Hall–Kier alpha value is -2.56. The van der Waals surface area contributed by atoms with Crippen LogP contribution in [0.5, 0.6) is 0 Å². The van der Waals surface area contributed by atoms with E-state index in [9.17, 15) is 9.59 Å². The molecular weight excluding hydrogens is 278 g/mol. The maximum atomic E-state index is 12.4. The molecule has 1 aliphatic heterocycles. The van der Waals surface area contributed by atoms with Crippen LogP contribution in [0.2, 0.25) is 0 Å². The molecule has 0 spiro atoms. The molecule has 0 saturated carbocycles. The molecule has 2 heterocycles. The summed E-state index contributed by atoms with van der Waals surface area (Å²) in [6.07, 6.45) is 2.00. The van der Waals surface area contributed by atoms with Crippen molar-refractivity contribution < 1.29 is 9.59 Å². The Balaban J connectivity index is 1.71. The molecule has 3 rings (SSSR count). The molecular formula is C17H19N3O2. The van der Waals surface area contributed by atoms with Crippen molar-refractivity contribution >= 4 is 17.5 Å². The minimum atomic E-state index is -0.587. The molecule has 22 heavy (non-hydrogen) atoms. The Bertz CT molecular complexity index is 703. The number of fused-ring (bicyclic) bond motifs is 1. The van der Waals surface area contributed by atoms with Gasteiger partial charge >= 0.3 is 11.8 Å². The maximum Gasteiger partial charge on any atom is 0.313 e. The lowest BCUT2D eigenvalue weighted by Gasteiger charge is -2.34. The molecule has 1 aromatic carbocycles. The van der Waals surface area contributed by atoms with Gasteiger partial charge in [-0.2, -0.15) is 0 Å². The van der Waals surface area contributed by atoms with E-state index in [2.05, 4.69) is 9.88 Å². The third kappa shape index (κ3) is 2.62. The summed E-state index contributed by atoms with van der Waals surface area (Å²) >= 11 is 0. The average Bonchev–Trinajstić information content (AvgIpc) is 2.99. The van der Waals surface area contributed by atoms with Crippen molar-refractivity contribution in [1.82, 2.24) is 9.47 Å². The first-order chi connectivity index (χ1) is 10.6. The maximum absolute atomic E-state index is 12.4. The number of anilines is 1. The zero-order chi connectivity index (χ0) is 15.7. The summed E-state index contributed by atoms with van der Waals surface area (Å²) in [5, 5.41) is 2.67. The number of benzene rings is 1. The van der Waals surface area contributed by atoms with Crippen LogP contribution in [0.25, 0.3) is 0 Å². The molecule has 1 atom stereocenters. The summed E-state index contributed by atoms with van der Waals surface area (Å²) in [5.41, 5.74) is 2.80. The molecule has 114 valence electrons. The van der Waals surface area contributed by atoms with Gasteiger partial charge in [0.25, 0.3) is 0 Å². The molecule has 0 aliphatic carbocycles. The quantitative estimate of drug-likeness (QED) is 0.821. The van der Waals surface area contributed by atoms with Gasteiger partial charge in [-0.25, -0.2) is 0 Å². The summed E-state index contributed by atoms with van der Waals surface area (Å²) in [7, 11) is 0. The fraction of sp³-hybridized carbons (Fsp3) is 0.294. The Kier molecular flexibility index (Phi) is 3.71. The van der Waals surface area contributed by atoms with Crippen LogP contribution in [0.1, 0.15) is 24.2 Å². The number of aromatic nitrogens is 1. The van der Waals surface area contributed by atoms with E-state index in [0.29, 0.717) is 12.2 Å². The normalized spacial score (nSPS) is 17.0. The first kappa shape index (κ1) is 14.4. The molecule has 0 radical (unpaired) electrons. The van der Waals surface area contributed by atoms with Crippen molar-refractivity contribution in [2.24, 2.45) is 0 Å². The number of hydrogen-bond donors (Lipinski definition) is 1. The van der Waals surface area contributed by atoms with Gasteiger partial charge in [-0.05, 0) is 38.1 Å². The van der Waals surface area contributed by atoms with Gasteiger partial charge in [-0.15, -0.1) is 0 Å². The van der Waals surface area contributed by atoms with Crippen molar-refractivity contribution in [2.45, 2.75) is 26.4 Å². The van der Waals surface area contributed by atoms with Gasteiger partial charge in [-0.3, -0.25) is 9.59 Å². The Labute approximate surface area is 129 Å². The molecule has 5 heteroatoms. The van der Waals surface area contributed by atoms with Gasteiger partial charge in [0, 0.05) is 30.7 Å². The van der Waals surface area contributed by atoms with Crippen LogP contribution >= 0.6 is 0 Å². The van der Waals surface area contributed by atoms with E-state index < -0.39 is 11.8 Å². The van der Waals surface area contributed by atoms with E-state index in [4.69, 9.17) is 0 Å². The number of nitrogens with zero attached hydrogens (tertiary/aromatic N) is 2.